The molecule has 0 amide bonds. The maximum absolute atomic E-state index is 5.60. The van der Waals surface area contributed by atoms with Crippen molar-refractivity contribution in [1.82, 2.24) is 14.8 Å². The lowest BCUT2D eigenvalue weighted by atomic mass is 10.4. The van der Waals surface area contributed by atoms with Crippen molar-refractivity contribution in [1.29, 1.82) is 0 Å². The van der Waals surface area contributed by atoms with E-state index in [0.717, 1.165) is 11.6 Å². The summed E-state index contributed by atoms with van der Waals surface area (Å²) in [6.07, 6.45) is 2.52. The summed E-state index contributed by atoms with van der Waals surface area (Å²) in [7, 11) is 1.93. The van der Waals surface area contributed by atoms with Crippen LogP contribution >= 0.6 is 11.6 Å². The number of nitrogens with zero attached hydrogens (tertiary/aromatic N) is 3. The first-order chi connectivity index (χ1) is 5.31. The van der Waals surface area contributed by atoms with E-state index in [4.69, 9.17) is 11.6 Å². The van der Waals surface area contributed by atoms with Gasteiger partial charge in [-0.05, 0) is 12.8 Å². The molecule has 0 aliphatic heterocycles. The van der Waals surface area contributed by atoms with E-state index in [1.165, 1.54) is 12.8 Å². The Labute approximate surface area is 70.4 Å². The highest BCUT2D eigenvalue weighted by atomic mass is 35.5. The second-order valence-corrected chi connectivity index (χ2v) is 3.19. The number of aromatic nitrogens is 3. The summed E-state index contributed by atoms with van der Waals surface area (Å²) in [4.78, 5) is 4.31. The first-order valence-electron chi connectivity index (χ1n) is 3.77. The average molecular weight is 172 g/mol. The van der Waals surface area contributed by atoms with Gasteiger partial charge in [0.05, 0.1) is 5.88 Å². The fourth-order valence-electron chi connectivity index (χ4n) is 1.20. The second-order valence-electron chi connectivity index (χ2n) is 2.92. The Morgan fingerprint density at radius 1 is 1.64 bits per heavy atom. The Morgan fingerprint density at radius 3 is 2.82 bits per heavy atom. The molecule has 0 aromatic carbocycles. The topological polar surface area (TPSA) is 30.7 Å². The molecule has 1 aliphatic carbocycles. The normalized spacial score (nSPS) is 17.3. The SMILES string of the molecule is Cn1nc(CCl)nc1C1CC1. The highest BCUT2D eigenvalue weighted by Gasteiger charge is 2.28. The molecule has 4 heteroatoms. The van der Waals surface area contributed by atoms with Crippen LogP contribution in [0.2, 0.25) is 0 Å². The summed E-state index contributed by atoms with van der Waals surface area (Å²) >= 11 is 5.60. The molecule has 60 valence electrons. The molecule has 0 saturated heterocycles. The number of aryl methyl sites for hydroxylation is 1. The van der Waals surface area contributed by atoms with Crippen molar-refractivity contribution in [2.24, 2.45) is 7.05 Å². The first-order valence-corrected chi connectivity index (χ1v) is 4.30. The predicted octanol–water partition coefficient (Wildman–Crippen LogP) is 1.43. The Balaban J connectivity index is 2.30. The van der Waals surface area contributed by atoms with E-state index in [9.17, 15) is 0 Å². The molecular weight excluding hydrogens is 162 g/mol. The molecule has 11 heavy (non-hydrogen) atoms. The lowest BCUT2D eigenvalue weighted by Gasteiger charge is -1.92. The van der Waals surface area contributed by atoms with Crippen LogP contribution in [-0.2, 0) is 12.9 Å². The van der Waals surface area contributed by atoms with Gasteiger partial charge in [0.15, 0.2) is 5.82 Å². The Kier molecular flexibility index (Phi) is 1.60. The van der Waals surface area contributed by atoms with Crippen molar-refractivity contribution in [2.45, 2.75) is 24.6 Å². The highest BCUT2D eigenvalue weighted by Crippen LogP contribution is 2.38. The molecule has 0 N–H and O–H groups in total. The van der Waals surface area contributed by atoms with Crippen LogP contribution in [-0.4, -0.2) is 14.8 Å². The Morgan fingerprint density at radius 2 is 2.36 bits per heavy atom. The Bertz CT molecular complexity index is 265. The second kappa shape index (κ2) is 2.48. The summed E-state index contributed by atoms with van der Waals surface area (Å²) in [5, 5.41) is 4.16. The van der Waals surface area contributed by atoms with Crippen LogP contribution < -0.4 is 0 Å². The van der Waals surface area contributed by atoms with Crippen molar-refractivity contribution in [3.8, 4) is 0 Å². The van der Waals surface area contributed by atoms with Crippen LogP contribution in [0.4, 0.5) is 0 Å². The number of hydrogen-bond donors (Lipinski definition) is 0. The van der Waals surface area contributed by atoms with Gasteiger partial charge >= 0.3 is 0 Å². The monoisotopic (exact) mass is 171 g/mol. The van der Waals surface area contributed by atoms with Gasteiger partial charge in [-0.2, -0.15) is 5.10 Å². The van der Waals surface area contributed by atoms with Gasteiger partial charge in [0.25, 0.3) is 0 Å². The summed E-state index contributed by atoms with van der Waals surface area (Å²) in [6, 6.07) is 0. The van der Waals surface area contributed by atoms with E-state index in [-0.39, 0.29) is 0 Å². The van der Waals surface area contributed by atoms with Crippen LogP contribution in [0.25, 0.3) is 0 Å². The molecule has 0 spiro atoms. The molecule has 0 unspecified atom stereocenters. The summed E-state index contributed by atoms with van der Waals surface area (Å²) in [5.41, 5.74) is 0. The minimum Gasteiger partial charge on any atom is -0.253 e. The third-order valence-electron chi connectivity index (χ3n) is 1.90. The average Bonchev–Trinajstić information content (AvgIpc) is 2.76. The maximum Gasteiger partial charge on any atom is 0.165 e. The number of rotatable bonds is 2. The van der Waals surface area contributed by atoms with Gasteiger partial charge in [0.2, 0.25) is 0 Å². The zero-order valence-corrected chi connectivity index (χ0v) is 7.17. The summed E-state index contributed by atoms with van der Waals surface area (Å²) in [5.74, 6) is 2.92. The molecular formula is C7H10ClN3. The van der Waals surface area contributed by atoms with Gasteiger partial charge in [-0.1, -0.05) is 0 Å². The fourth-order valence-corrected chi connectivity index (χ4v) is 1.32. The molecule has 1 aliphatic rings. The van der Waals surface area contributed by atoms with Gasteiger partial charge in [-0.3, -0.25) is 4.68 Å². The van der Waals surface area contributed by atoms with Crippen molar-refractivity contribution < 1.29 is 0 Å². The number of alkyl halides is 1. The highest BCUT2D eigenvalue weighted by molar-refractivity contribution is 6.16. The smallest absolute Gasteiger partial charge is 0.165 e. The molecule has 0 radical (unpaired) electrons. The van der Waals surface area contributed by atoms with E-state index in [0.29, 0.717) is 11.8 Å². The van der Waals surface area contributed by atoms with Crippen LogP contribution in [0.1, 0.15) is 30.4 Å². The van der Waals surface area contributed by atoms with Crippen molar-refractivity contribution in [3.05, 3.63) is 11.6 Å². The van der Waals surface area contributed by atoms with E-state index in [1.54, 1.807) is 0 Å². The quantitative estimate of drug-likeness (QED) is 0.631. The summed E-state index contributed by atoms with van der Waals surface area (Å²) < 4.78 is 1.84. The predicted molar refractivity (Wildman–Crippen MR) is 42.5 cm³/mol. The van der Waals surface area contributed by atoms with Crippen LogP contribution in [0, 0.1) is 0 Å². The fraction of sp³-hybridized carbons (Fsp3) is 0.714. The zero-order chi connectivity index (χ0) is 7.84. The van der Waals surface area contributed by atoms with Gasteiger partial charge < -0.3 is 0 Å². The minimum absolute atomic E-state index is 0.417. The molecule has 3 nitrogen and oxygen atoms in total. The minimum atomic E-state index is 0.417. The van der Waals surface area contributed by atoms with E-state index in [2.05, 4.69) is 10.1 Å². The molecule has 0 atom stereocenters. The van der Waals surface area contributed by atoms with Gasteiger partial charge in [0.1, 0.15) is 5.82 Å². The lowest BCUT2D eigenvalue weighted by molar-refractivity contribution is 0.700. The molecule has 1 aromatic rings. The van der Waals surface area contributed by atoms with Gasteiger partial charge in [-0.25, -0.2) is 4.98 Å². The van der Waals surface area contributed by atoms with Crippen LogP contribution in [0.3, 0.4) is 0 Å². The van der Waals surface area contributed by atoms with Crippen molar-refractivity contribution >= 4 is 11.6 Å². The van der Waals surface area contributed by atoms with E-state index < -0.39 is 0 Å². The Hall–Kier alpha value is -0.570. The zero-order valence-electron chi connectivity index (χ0n) is 6.42. The number of hydrogen-bond acceptors (Lipinski definition) is 2. The van der Waals surface area contributed by atoms with Crippen molar-refractivity contribution in [2.75, 3.05) is 0 Å². The van der Waals surface area contributed by atoms with Gasteiger partial charge in [0, 0.05) is 13.0 Å². The molecule has 1 aromatic heterocycles. The molecule has 0 bridgehead atoms. The van der Waals surface area contributed by atoms with Gasteiger partial charge in [-0.15, -0.1) is 11.6 Å². The largest absolute Gasteiger partial charge is 0.253 e. The standard InChI is InChI=1S/C7H10ClN3/c1-11-7(5-2-3-5)9-6(4-8)10-11/h5H,2-4H2,1H3. The summed E-state index contributed by atoms with van der Waals surface area (Å²) in [6.45, 7) is 0. The molecule has 1 saturated carbocycles. The van der Waals surface area contributed by atoms with Crippen LogP contribution in [0.5, 0.6) is 0 Å². The maximum atomic E-state index is 5.60. The molecule has 1 fully saturated rings. The molecule has 2 rings (SSSR count). The molecule has 1 heterocycles. The van der Waals surface area contributed by atoms with Crippen molar-refractivity contribution in [3.63, 3.8) is 0 Å². The third-order valence-corrected chi connectivity index (χ3v) is 2.14. The number of halogens is 1. The van der Waals surface area contributed by atoms with E-state index in [1.807, 2.05) is 11.7 Å². The third kappa shape index (κ3) is 1.25. The van der Waals surface area contributed by atoms with E-state index >= 15 is 0 Å². The lowest BCUT2D eigenvalue weighted by Crippen LogP contribution is -1.96. The first kappa shape index (κ1) is 7.10. The van der Waals surface area contributed by atoms with Crippen LogP contribution in [0.15, 0.2) is 0 Å².